The maximum atomic E-state index is 6.92. The molecule has 0 amide bonds. The smallest absolute Gasteiger partial charge is 0.0487 e. The summed E-state index contributed by atoms with van der Waals surface area (Å²) in [6.45, 7) is 4.57. The molecule has 158 valence electrons. The minimum absolute atomic E-state index is 0.909. The third kappa shape index (κ3) is 3.37. The van der Waals surface area contributed by atoms with Crippen LogP contribution in [-0.4, -0.2) is 0 Å². The first-order chi connectivity index (χ1) is 15.3. The van der Waals surface area contributed by atoms with Crippen molar-refractivity contribution in [3.63, 3.8) is 0 Å². The van der Waals surface area contributed by atoms with E-state index in [1.807, 2.05) is 0 Å². The van der Waals surface area contributed by atoms with E-state index in [1.165, 1.54) is 93.5 Å². The van der Waals surface area contributed by atoms with Gasteiger partial charge >= 0.3 is 0 Å². The fourth-order valence-corrected chi connectivity index (χ4v) is 5.90. The molecule has 4 aromatic rings. The van der Waals surface area contributed by atoms with Crippen molar-refractivity contribution in [1.82, 2.24) is 0 Å². The maximum absolute atomic E-state index is 6.92. The largest absolute Gasteiger partial charge is 0.0837 e. The van der Waals surface area contributed by atoms with Crippen molar-refractivity contribution >= 4 is 33.1 Å². The minimum atomic E-state index is 0.909. The van der Waals surface area contributed by atoms with Crippen LogP contribution in [0.25, 0.3) is 43.8 Å². The Morgan fingerprint density at radius 3 is 1.84 bits per heavy atom. The summed E-state index contributed by atoms with van der Waals surface area (Å²) in [5.74, 6) is 0. The van der Waals surface area contributed by atoms with Crippen LogP contribution < -0.4 is 0 Å². The van der Waals surface area contributed by atoms with Crippen LogP contribution >= 0.6 is 11.6 Å². The van der Waals surface area contributed by atoms with Crippen LogP contribution in [0.4, 0.5) is 0 Å². The molecular weight excluding hydrogens is 396 g/mol. The third-order valence-corrected chi connectivity index (χ3v) is 7.31. The van der Waals surface area contributed by atoms with Gasteiger partial charge in [0.15, 0.2) is 0 Å². The molecule has 0 spiro atoms. The van der Waals surface area contributed by atoms with Gasteiger partial charge in [0.1, 0.15) is 0 Å². The lowest BCUT2D eigenvalue weighted by atomic mass is 9.84. The molecule has 0 fully saturated rings. The van der Waals surface area contributed by atoms with Crippen molar-refractivity contribution in [1.29, 1.82) is 0 Å². The Morgan fingerprint density at radius 1 is 0.613 bits per heavy atom. The molecule has 1 aliphatic carbocycles. The van der Waals surface area contributed by atoms with E-state index in [9.17, 15) is 0 Å². The van der Waals surface area contributed by atoms with E-state index >= 15 is 0 Å². The van der Waals surface area contributed by atoms with Gasteiger partial charge in [-0.15, -0.1) is 0 Å². The molecule has 1 aliphatic rings. The molecule has 0 nitrogen and oxygen atoms in total. The molecule has 5 rings (SSSR count). The molecule has 4 aromatic carbocycles. The normalized spacial score (nSPS) is 12.1. The highest BCUT2D eigenvalue weighted by Gasteiger charge is 2.29. The molecule has 0 saturated carbocycles. The summed E-state index contributed by atoms with van der Waals surface area (Å²) in [6, 6.07) is 20.2. The van der Waals surface area contributed by atoms with Crippen LogP contribution in [-0.2, 0) is 12.8 Å². The average molecular weight is 427 g/mol. The summed E-state index contributed by atoms with van der Waals surface area (Å²) in [6.07, 6.45) is 9.66. The standard InChI is InChI=1S/C30H31Cl/c1-3-5-7-14-22-21-16-11-19-26(31)28(21)25(15-8-6-4-2)30-24-18-10-13-20-12-9-17-23(27(20)24)29(22)30/h9-13,16-19H,3-8,14-15H2,1-2H3. The topological polar surface area (TPSA) is 0 Å². The molecular formula is C30H31Cl. The van der Waals surface area contributed by atoms with E-state index in [-0.39, 0.29) is 0 Å². The summed E-state index contributed by atoms with van der Waals surface area (Å²) < 4.78 is 0. The lowest BCUT2D eigenvalue weighted by Crippen LogP contribution is -2.00. The first-order valence-electron chi connectivity index (χ1n) is 12.0. The second-order valence-electron chi connectivity index (χ2n) is 8.99. The van der Waals surface area contributed by atoms with Crippen molar-refractivity contribution in [2.75, 3.05) is 0 Å². The molecule has 0 aliphatic heterocycles. The SMILES string of the molecule is CCCCCc1c2c(c(CCCCC)c3c(Cl)cccc13)-c1cccc3cccc-2c13. The monoisotopic (exact) mass is 426 g/mol. The van der Waals surface area contributed by atoms with Crippen LogP contribution in [0.2, 0.25) is 5.02 Å². The summed E-state index contributed by atoms with van der Waals surface area (Å²) in [5.41, 5.74) is 8.76. The van der Waals surface area contributed by atoms with Gasteiger partial charge in [0.2, 0.25) is 0 Å². The van der Waals surface area contributed by atoms with E-state index in [4.69, 9.17) is 11.6 Å². The van der Waals surface area contributed by atoms with Crippen LogP contribution in [0.3, 0.4) is 0 Å². The van der Waals surface area contributed by atoms with Gasteiger partial charge in [-0.2, -0.15) is 0 Å². The van der Waals surface area contributed by atoms with Gasteiger partial charge in [-0.05, 0) is 81.3 Å². The van der Waals surface area contributed by atoms with Crippen molar-refractivity contribution in [3.8, 4) is 22.3 Å². The fraction of sp³-hybridized carbons (Fsp3) is 0.333. The van der Waals surface area contributed by atoms with Gasteiger partial charge in [0.05, 0.1) is 0 Å². The molecule has 0 radical (unpaired) electrons. The van der Waals surface area contributed by atoms with Gasteiger partial charge in [0, 0.05) is 10.4 Å². The van der Waals surface area contributed by atoms with Gasteiger partial charge in [0.25, 0.3) is 0 Å². The van der Waals surface area contributed by atoms with Crippen molar-refractivity contribution in [2.24, 2.45) is 0 Å². The Balaban J connectivity index is 1.87. The van der Waals surface area contributed by atoms with Gasteiger partial charge < -0.3 is 0 Å². The molecule has 0 saturated heterocycles. The molecule has 0 heterocycles. The Labute approximate surface area is 191 Å². The molecule has 0 unspecified atom stereocenters. The molecule has 0 atom stereocenters. The first kappa shape index (κ1) is 20.6. The number of fused-ring (bicyclic) bond motifs is 4. The second-order valence-corrected chi connectivity index (χ2v) is 9.40. The molecule has 0 aromatic heterocycles. The maximum Gasteiger partial charge on any atom is 0.0487 e. The van der Waals surface area contributed by atoms with Gasteiger partial charge in [-0.1, -0.05) is 99.7 Å². The Hall–Kier alpha value is -2.31. The zero-order valence-corrected chi connectivity index (χ0v) is 19.5. The van der Waals surface area contributed by atoms with E-state index in [0.717, 1.165) is 17.9 Å². The van der Waals surface area contributed by atoms with Crippen LogP contribution in [0, 0.1) is 0 Å². The number of rotatable bonds is 8. The Kier molecular flexibility index (Phi) is 5.76. The predicted octanol–water partition coefficient (Wildman–Crippen LogP) is 9.76. The van der Waals surface area contributed by atoms with Gasteiger partial charge in [-0.3, -0.25) is 0 Å². The number of unbranched alkanes of at least 4 members (excludes halogenated alkanes) is 4. The van der Waals surface area contributed by atoms with Gasteiger partial charge in [-0.25, -0.2) is 0 Å². The Bertz CT molecular complexity index is 1260. The number of halogens is 1. The summed E-state index contributed by atoms with van der Waals surface area (Å²) in [4.78, 5) is 0. The Morgan fingerprint density at radius 2 is 1.19 bits per heavy atom. The van der Waals surface area contributed by atoms with E-state index in [0.29, 0.717) is 0 Å². The fourth-order valence-electron chi connectivity index (χ4n) is 5.61. The van der Waals surface area contributed by atoms with E-state index in [1.54, 1.807) is 0 Å². The van der Waals surface area contributed by atoms with Crippen LogP contribution in [0.5, 0.6) is 0 Å². The van der Waals surface area contributed by atoms with E-state index in [2.05, 4.69) is 68.4 Å². The van der Waals surface area contributed by atoms with Crippen LogP contribution in [0.15, 0.2) is 54.6 Å². The van der Waals surface area contributed by atoms with Crippen molar-refractivity contribution in [2.45, 2.75) is 65.2 Å². The average Bonchev–Trinajstić information content (AvgIpc) is 3.12. The quantitative estimate of drug-likeness (QED) is 0.216. The summed E-state index contributed by atoms with van der Waals surface area (Å²) >= 11 is 6.92. The summed E-state index contributed by atoms with van der Waals surface area (Å²) in [7, 11) is 0. The molecule has 31 heavy (non-hydrogen) atoms. The highest BCUT2D eigenvalue weighted by Crippen LogP contribution is 2.54. The third-order valence-electron chi connectivity index (χ3n) is 7.00. The predicted molar refractivity (Wildman–Crippen MR) is 137 cm³/mol. The molecule has 1 heteroatoms. The highest BCUT2D eigenvalue weighted by molar-refractivity contribution is 6.36. The lowest BCUT2D eigenvalue weighted by molar-refractivity contribution is 0.717. The molecule has 0 bridgehead atoms. The van der Waals surface area contributed by atoms with Crippen molar-refractivity contribution < 1.29 is 0 Å². The first-order valence-corrected chi connectivity index (χ1v) is 12.4. The minimum Gasteiger partial charge on any atom is -0.0837 e. The van der Waals surface area contributed by atoms with Crippen molar-refractivity contribution in [3.05, 3.63) is 70.7 Å². The number of hydrogen-bond donors (Lipinski definition) is 0. The zero-order chi connectivity index (χ0) is 21.4. The summed E-state index contributed by atoms with van der Waals surface area (Å²) in [5, 5.41) is 6.36. The number of hydrogen-bond acceptors (Lipinski definition) is 0. The van der Waals surface area contributed by atoms with Crippen LogP contribution in [0.1, 0.15) is 63.5 Å². The van der Waals surface area contributed by atoms with E-state index < -0.39 is 0 Å². The lowest BCUT2D eigenvalue weighted by Gasteiger charge is -2.20. The molecule has 0 N–H and O–H groups in total. The number of aryl methyl sites for hydroxylation is 2. The highest BCUT2D eigenvalue weighted by atomic mass is 35.5. The second kappa shape index (κ2) is 8.67. The zero-order valence-electron chi connectivity index (χ0n) is 18.7. The number of benzene rings is 4.